The minimum absolute atomic E-state index is 0. The zero-order valence-corrected chi connectivity index (χ0v) is 9.37. The molecule has 1 aliphatic heterocycles. The van der Waals surface area contributed by atoms with Crippen molar-refractivity contribution in [3.8, 4) is 0 Å². The number of para-hydroxylation sites is 2. The van der Waals surface area contributed by atoms with Gasteiger partial charge in [0.15, 0.2) is 0 Å². The van der Waals surface area contributed by atoms with Gasteiger partial charge in [0.25, 0.3) is 0 Å². The summed E-state index contributed by atoms with van der Waals surface area (Å²) in [5.74, 6) is 0.804. The number of guanidine groups is 1. The molecular formula is C10H12ClN5. The lowest BCUT2D eigenvalue weighted by molar-refractivity contribution is 0.937. The Morgan fingerprint density at radius 3 is 3.00 bits per heavy atom. The molecule has 0 radical (unpaired) electrons. The first-order valence-electron chi connectivity index (χ1n) is 4.91. The fourth-order valence-electron chi connectivity index (χ4n) is 1.64. The molecule has 0 saturated heterocycles. The third kappa shape index (κ3) is 1.81. The zero-order chi connectivity index (χ0) is 10.1. The summed E-state index contributed by atoms with van der Waals surface area (Å²) in [6.07, 6.45) is 1.76. The maximum absolute atomic E-state index is 4.28. The average Bonchev–Trinajstić information content (AvgIpc) is 2.89. The summed E-state index contributed by atoms with van der Waals surface area (Å²) in [5.41, 5.74) is 5.18. The third-order valence-electron chi connectivity index (χ3n) is 2.35. The highest BCUT2D eigenvalue weighted by Gasteiger charge is 2.06. The molecule has 0 fully saturated rings. The maximum Gasteiger partial charge on any atom is 0.211 e. The number of imidazole rings is 1. The van der Waals surface area contributed by atoms with Crippen molar-refractivity contribution in [1.29, 1.82) is 0 Å². The van der Waals surface area contributed by atoms with E-state index in [9.17, 15) is 0 Å². The monoisotopic (exact) mass is 237 g/mol. The van der Waals surface area contributed by atoms with Crippen molar-refractivity contribution >= 4 is 29.4 Å². The molecular weight excluding hydrogens is 226 g/mol. The molecule has 3 rings (SSSR count). The molecule has 5 nitrogen and oxygen atoms in total. The predicted octanol–water partition coefficient (Wildman–Crippen LogP) is 0.961. The summed E-state index contributed by atoms with van der Waals surface area (Å²) in [6, 6.07) is 7.97. The average molecular weight is 238 g/mol. The van der Waals surface area contributed by atoms with E-state index in [-0.39, 0.29) is 12.4 Å². The Kier molecular flexibility index (Phi) is 2.96. The van der Waals surface area contributed by atoms with Crippen LogP contribution in [0.4, 0.5) is 0 Å². The van der Waals surface area contributed by atoms with Crippen molar-refractivity contribution in [1.82, 2.24) is 15.0 Å². The number of nitrogens with zero attached hydrogens (tertiary/aromatic N) is 3. The second-order valence-electron chi connectivity index (χ2n) is 3.37. The van der Waals surface area contributed by atoms with E-state index in [0.29, 0.717) is 0 Å². The first-order chi connectivity index (χ1) is 7.43. The first-order valence-corrected chi connectivity index (χ1v) is 4.91. The largest absolute Gasteiger partial charge is 0.353 e. The molecule has 0 saturated carbocycles. The van der Waals surface area contributed by atoms with Crippen LogP contribution in [0, 0.1) is 0 Å². The second kappa shape index (κ2) is 4.40. The van der Waals surface area contributed by atoms with Crippen molar-refractivity contribution in [3.63, 3.8) is 0 Å². The highest BCUT2D eigenvalue weighted by molar-refractivity contribution is 5.90. The fraction of sp³-hybridized carbons (Fsp3) is 0.200. The Labute approximate surface area is 99.0 Å². The molecule has 1 aromatic heterocycles. The molecule has 0 aliphatic carbocycles. The van der Waals surface area contributed by atoms with E-state index in [0.717, 1.165) is 30.1 Å². The summed E-state index contributed by atoms with van der Waals surface area (Å²) < 4.78 is 1.87. The highest BCUT2D eigenvalue weighted by Crippen LogP contribution is 2.09. The van der Waals surface area contributed by atoms with Crippen LogP contribution in [0.25, 0.3) is 11.0 Å². The van der Waals surface area contributed by atoms with E-state index in [1.807, 2.05) is 28.9 Å². The van der Waals surface area contributed by atoms with Crippen LogP contribution >= 0.6 is 12.4 Å². The van der Waals surface area contributed by atoms with Gasteiger partial charge < -0.3 is 5.32 Å². The normalized spacial score (nSPS) is 14.1. The van der Waals surface area contributed by atoms with Crippen molar-refractivity contribution < 1.29 is 0 Å². The fourth-order valence-corrected chi connectivity index (χ4v) is 1.64. The van der Waals surface area contributed by atoms with E-state index >= 15 is 0 Å². The Balaban J connectivity index is 0.000000963. The molecule has 0 atom stereocenters. The van der Waals surface area contributed by atoms with Gasteiger partial charge in [-0.05, 0) is 12.1 Å². The number of rotatable bonds is 1. The molecule has 2 aromatic rings. The van der Waals surface area contributed by atoms with E-state index in [1.54, 1.807) is 6.33 Å². The van der Waals surface area contributed by atoms with Gasteiger partial charge in [0.1, 0.15) is 6.33 Å². The summed E-state index contributed by atoms with van der Waals surface area (Å²) in [7, 11) is 0. The van der Waals surface area contributed by atoms with Gasteiger partial charge >= 0.3 is 0 Å². The van der Waals surface area contributed by atoms with E-state index in [2.05, 4.69) is 20.7 Å². The Morgan fingerprint density at radius 2 is 2.19 bits per heavy atom. The van der Waals surface area contributed by atoms with E-state index in [1.165, 1.54) is 0 Å². The molecule has 0 bridgehead atoms. The number of hydrogen-bond donors (Lipinski definition) is 2. The maximum atomic E-state index is 4.28. The molecule has 0 unspecified atom stereocenters. The molecule has 6 heteroatoms. The molecule has 16 heavy (non-hydrogen) atoms. The SMILES string of the molecule is Cl.c1ccc2c(c1)ncn2NC1=NCCN1. The van der Waals surface area contributed by atoms with Gasteiger partial charge in [-0.15, -0.1) is 12.4 Å². The number of aromatic nitrogens is 2. The Bertz CT molecular complexity index is 519. The van der Waals surface area contributed by atoms with Crippen LogP contribution in [-0.4, -0.2) is 28.7 Å². The smallest absolute Gasteiger partial charge is 0.211 e. The van der Waals surface area contributed by atoms with Gasteiger partial charge in [0.05, 0.1) is 17.6 Å². The quantitative estimate of drug-likeness (QED) is 0.777. The summed E-state index contributed by atoms with van der Waals surface area (Å²) in [4.78, 5) is 8.54. The zero-order valence-electron chi connectivity index (χ0n) is 8.55. The van der Waals surface area contributed by atoms with Gasteiger partial charge in [0.2, 0.25) is 5.96 Å². The van der Waals surface area contributed by atoms with Gasteiger partial charge in [0, 0.05) is 6.54 Å². The Hall–Kier alpha value is -1.75. The van der Waals surface area contributed by atoms with Crippen LogP contribution in [0.1, 0.15) is 0 Å². The van der Waals surface area contributed by atoms with E-state index < -0.39 is 0 Å². The lowest BCUT2D eigenvalue weighted by Gasteiger charge is -2.07. The molecule has 0 amide bonds. The third-order valence-corrected chi connectivity index (χ3v) is 2.35. The number of fused-ring (bicyclic) bond motifs is 1. The van der Waals surface area contributed by atoms with Crippen molar-refractivity contribution in [2.45, 2.75) is 0 Å². The van der Waals surface area contributed by atoms with Gasteiger partial charge in [-0.2, -0.15) is 0 Å². The summed E-state index contributed by atoms with van der Waals surface area (Å²) >= 11 is 0. The van der Waals surface area contributed by atoms with Crippen LogP contribution in [0.5, 0.6) is 0 Å². The molecule has 2 heterocycles. The van der Waals surface area contributed by atoms with Gasteiger partial charge in [-0.25, -0.2) is 9.66 Å². The minimum atomic E-state index is 0. The van der Waals surface area contributed by atoms with Crippen LogP contribution in [-0.2, 0) is 0 Å². The number of benzene rings is 1. The molecule has 0 spiro atoms. The summed E-state index contributed by atoms with van der Waals surface area (Å²) in [6.45, 7) is 1.73. The molecule has 2 N–H and O–H groups in total. The van der Waals surface area contributed by atoms with Crippen LogP contribution in [0.3, 0.4) is 0 Å². The lowest BCUT2D eigenvalue weighted by atomic mass is 10.3. The summed E-state index contributed by atoms with van der Waals surface area (Å²) in [5, 5.41) is 3.15. The van der Waals surface area contributed by atoms with E-state index in [4.69, 9.17) is 0 Å². The highest BCUT2D eigenvalue weighted by atomic mass is 35.5. The van der Waals surface area contributed by atoms with Crippen molar-refractivity contribution in [3.05, 3.63) is 30.6 Å². The minimum Gasteiger partial charge on any atom is -0.353 e. The molecule has 1 aromatic carbocycles. The first kappa shape index (κ1) is 10.8. The second-order valence-corrected chi connectivity index (χ2v) is 3.37. The molecule has 84 valence electrons. The number of hydrogen-bond acceptors (Lipinski definition) is 4. The van der Waals surface area contributed by atoms with Crippen molar-refractivity contribution in [2.75, 3.05) is 18.5 Å². The van der Waals surface area contributed by atoms with Crippen LogP contribution < -0.4 is 10.7 Å². The lowest BCUT2D eigenvalue weighted by Crippen LogP contribution is -2.31. The van der Waals surface area contributed by atoms with Crippen molar-refractivity contribution in [2.24, 2.45) is 4.99 Å². The topological polar surface area (TPSA) is 54.2 Å². The molecule has 1 aliphatic rings. The van der Waals surface area contributed by atoms with Gasteiger partial charge in [-0.1, -0.05) is 12.1 Å². The Morgan fingerprint density at radius 1 is 1.31 bits per heavy atom. The van der Waals surface area contributed by atoms with Crippen LogP contribution in [0.15, 0.2) is 35.6 Å². The van der Waals surface area contributed by atoms with Crippen LogP contribution in [0.2, 0.25) is 0 Å². The standard InChI is InChI=1S/C10H11N5.ClH/c1-2-4-9-8(3-1)13-7-15(9)14-10-11-5-6-12-10;/h1-4,7H,5-6H2,(H2,11,12,14);1H. The predicted molar refractivity (Wildman–Crippen MR) is 66.6 cm³/mol. The van der Waals surface area contributed by atoms with Gasteiger partial charge in [-0.3, -0.25) is 10.4 Å². The number of nitrogens with one attached hydrogen (secondary N) is 2. The number of aliphatic imine (C=N–C) groups is 1. The number of halogens is 1.